The van der Waals surface area contributed by atoms with Crippen LogP contribution in [0.15, 0.2) is 6.20 Å². The number of aromatic amines is 1. The zero-order valence-electron chi connectivity index (χ0n) is 9.64. The molecule has 3 rings (SSSR count). The third kappa shape index (κ3) is 1.68. The van der Waals surface area contributed by atoms with Crippen molar-refractivity contribution in [3.8, 4) is 0 Å². The molecular weight excluding hydrogens is 218 g/mol. The number of fused-ring (bicyclic) bond motifs is 1. The monoisotopic (exact) mass is 233 g/mol. The molecule has 0 aliphatic heterocycles. The molecule has 2 heterocycles. The lowest BCUT2D eigenvalue weighted by Gasteiger charge is -2.22. The number of nitrogens with one attached hydrogen (secondary N) is 2. The highest BCUT2D eigenvalue weighted by atomic mass is 15.3. The van der Waals surface area contributed by atoms with Crippen molar-refractivity contribution in [3.63, 3.8) is 0 Å². The van der Waals surface area contributed by atoms with Crippen molar-refractivity contribution in [3.05, 3.63) is 6.20 Å². The molecule has 1 aliphatic rings. The average Bonchev–Trinajstić information content (AvgIpc) is 3.07. The smallest absolute Gasteiger partial charge is 0.241 e. The zero-order valence-corrected chi connectivity index (χ0v) is 9.64. The molecule has 0 atom stereocenters. The van der Waals surface area contributed by atoms with E-state index in [0.717, 1.165) is 17.7 Å². The van der Waals surface area contributed by atoms with Crippen LogP contribution in [0.2, 0.25) is 0 Å². The number of hydrazine groups is 1. The molecule has 2 aromatic heterocycles. The van der Waals surface area contributed by atoms with Crippen LogP contribution in [0.5, 0.6) is 0 Å². The van der Waals surface area contributed by atoms with Gasteiger partial charge in [-0.1, -0.05) is 0 Å². The average molecular weight is 233 g/mol. The van der Waals surface area contributed by atoms with Gasteiger partial charge in [-0.3, -0.25) is 10.5 Å². The van der Waals surface area contributed by atoms with E-state index in [2.05, 4.69) is 37.4 Å². The first kappa shape index (κ1) is 10.3. The summed E-state index contributed by atoms with van der Waals surface area (Å²) in [5.74, 6) is 6.70. The van der Waals surface area contributed by atoms with E-state index in [1.807, 2.05) is 0 Å². The Labute approximate surface area is 98.4 Å². The van der Waals surface area contributed by atoms with Gasteiger partial charge in [0, 0.05) is 12.6 Å². The van der Waals surface area contributed by atoms with Crippen molar-refractivity contribution in [2.24, 2.45) is 5.84 Å². The minimum atomic E-state index is 0.413. The van der Waals surface area contributed by atoms with Gasteiger partial charge in [0.2, 0.25) is 5.95 Å². The van der Waals surface area contributed by atoms with E-state index in [4.69, 9.17) is 5.84 Å². The summed E-state index contributed by atoms with van der Waals surface area (Å²) >= 11 is 0. The number of nitrogen functional groups attached to an aromatic ring is 1. The summed E-state index contributed by atoms with van der Waals surface area (Å²) in [5.41, 5.74) is 3.20. The number of hydrogen-bond donors (Lipinski definition) is 3. The molecule has 0 bridgehead atoms. The first-order valence-electron chi connectivity index (χ1n) is 5.78. The number of anilines is 2. The number of rotatable bonds is 4. The molecule has 7 heteroatoms. The summed E-state index contributed by atoms with van der Waals surface area (Å²) < 4.78 is 0. The molecule has 4 N–H and O–H groups in total. The summed E-state index contributed by atoms with van der Waals surface area (Å²) in [6.07, 6.45) is 4.21. The molecule has 0 spiro atoms. The van der Waals surface area contributed by atoms with Crippen LogP contribution in [-0.4, -0.2) is 32.8 Å². The molecule has 7 nitrogen and oxygen atoms in total. The van der Waals surface area contributed by atoms with Crippen molar-refractivity contribution in [2.75, 3.05) is 16.9 Å². The van der Waals surface area contributed by atoms with E-state index in [-0.39, 0.29) is 0 Å². The zero-order chi connectivity index (χ0) is 11.8. The molecular formula is C10H15N7. The van der Waals surface area contributed by atoms with Crippen molar-refractivity contribution in [2.45, 2.75) is 25.8 Å². The molecule has 0 saturated heterocycles. The van der Waals surface area contributed by atoms with Crippen LogP contribution in [0.3, 0.4) is 0 Å². The minimum absolute atomic E-state index is 0.413. The Morgan fingerprint density at radius 2 is 2.35 bits per heavy atom. The second kappa shape index (κ2) is 3.85. The second-order valence-electron chi connectivity index (χ2n) is 4.16. The maximum atomic E-state index is 5.38. The highest BCUT2D eigenvalue weighted by molar-refractivity contribution is 5.87. The summed E-state index contributed by atoms with van der Waals surface area (Å²) in [6, 6.07) is 0.596. The predicted octanol–water partition coefficient (Wildman–Crippen LogP) is 0.627. The van der Waals surface area contributed by atoms with Gasteiger partial charge in [-0.15, -0.1) is 0 Å². The topological polar surface area (TPSA) is 95.8 Å². The van der Waals surface area contributed by atoms with Gasteiger partial charge in [0.25, 0.3) is 0 Å². The fourth-order valence-electron chi connectivity index (χ4n) is 2.07. The van der Waals surface area contributed by atoms with Gasteiger partial charge >= 0.3 is 0 Å². The lowest BCUT2D eigenvalue weighted by molar-refractivity contribution is 0.811. The largest absolute Gasteiger partial charge is 0.353 e. The van der Waals surface area contributed by atoms with Gasteiger partial charge in [0.15, 0.2) is 5.65 Å². The van der Waals surface area contributed by atoms with E-state index in [9.17, 15) is 0 Å². The maximum Gasteiger partial charge on any atom is 0.241 e. The Morgan fingerprint density at radius 3 is 3.00 bits per heavy atom. The first-order valence-corrected chi connectivity index (χ1v) is 5.78. The van der Waals surface area contributed by atoms with Gasteiger partial charge in [-0.2, -0.15) is 15.1 Å². The molecule has 0 radical (unpaired) electrons. The number of nitrogens with zero attached hydrogens (tertiary/aromatic N) is 4. The molecule has 0 unspecified atom stereocenters. The molecule has 17 heavy (non-hydrogen) atoms. The summed E-state index contributed by atoms with van der Waals surface area (Å²) in [5, 5.41) is 7.80. The van der Waals surface area contributed by atoms with Crippen molar-refractivity contribution < 1.29 is 0 Å². The number of aromatic nitrogens is 4. The van der Waals surface area contributed by atoms with Crippen LogP contribution in [0.1, 0.15) is 19.8 Å². The first-order chi connectivity index (χ1) is 8.33. The van der Waals surface area contributed by atoms with E-state index < -0.39 is 0 Å². The van der Waals surface area contributed by atoms with Crippen molar-refractivity contribution in [1.82, 2.24) is 20.2 Å². The highest BCUT2D eigenvalue weighted by Gasteiger charge is 2.30. The fourth-order valence-corrected chi connectivity index (χ4v) is 2.07. The molecule has 1 fully saturated rings. The second-order valence-corrected chi connectivity index (χ2v) is 4.16. The molecule has 1 saturated carbocycles. The van der Waals surface area contributed by atoms with Gasteiger partial charge in [-0.05, 0) is 19.8 Å². The van der Waals surface area contributed by atoms with Crippen LogP contribution in [0.25, 0.3) is 11.0 Å². The highest BCUT2D eigenvalue weighted by Crippen LogP contribution is 2.33. The van der Waals surface area contributed by atoms with Crippen LogP contribution < -0.4 is 16.2 Å². The Bertz CT molecular complexity index is 530. The van der Waals surface area contributed by atoms with E-state index in [1.165, 1.54) is 12.8 Å². The van der Waals surface area contributed by atoms with E-state index in [0.29, 0.717) is 17.6 Å². The summed E-state index contributed by atoms with van der Waals surface area (Å²) in [7, 11) is 0. The fraction of sp³-hybridized carbons (Fsp3) is 0.500. The molecule has 0 amide bonds. The lowest BCUT2D eigenvalue weighted by Crippen LogP contribution is -2.27. The summed E-state index contributed by atoms with van der Waals surface area (Å²) in [4.78, 5) is 10.9. The van der Waals surface area contributed by atoms with E-state index >= 15 is 0 Å². The molecule has 90 valence electrons. The van der Waals surface area contributed by atoms with Crippen LogP contribution >= 0.6 is 0 Å². The number of nitrogens with two attached hydrogens (primary N) is 1. The molecule has 1 aliphatic carbocycles. The SMILES string of the molecule is CCN(c1nc(NN)nc2[nH]ncc12)C1CC1. The van der Waals surface area contributed by atoms with Crippen molar-refractivity contribution in [1.29, 1.82) is 0 Å². The van der Waals surface area contributed by atoms with Gasteiger partial charge in [0.05, 0.1) is 11.6 Å². The van der Waals surface area contributed by atoms with Crippen LogP contribution in [0.4, 0.5) is 11.8 Å². The predicted molar refractivity (Wildman–Crippen MR) is 65.5 cm³/mol. The van der Waals surface area contributed by atoms with Crippen LogP contribution in [-0.2, 0) is 0 Å². The summed E-state index contributed by atoms with van der Waals surface area (Å²) in [6.45, 7) is 3.05. The standard InChI is InChI=1S/C10H15N7/c1-2-17(6-3-4-6)9-7-5-12-16-8(7)13-10(14-9)15-11/h5-6H,2-4,11H2,1H3,(H2,12,13,14,15,16). The molecule has 2 aromatic rings. The molecule has 0 aromatic carbocycles. The Balaban J connectivity index is 2.14. The Morgan fingerprint density at radius 1 is 1.53 bits per heavy atom. The van der Waals surface area contributed by atoms with Crippen molar-refractivity contribution >= 4 is 22.8 Å². The van der Waals surface area contributed by atoms with Gasteiger partial charge in [-0.25, -0.2) is 5.84 Å². The minimum Gasteiger partial charge on any atom is -0.353 e. The Hall–Kier alpha value is -1.89. The van der Waals surface area contributed by atoms with Gasteiger partial charge < -0.3 is 4.90 Å². The normalized spacial score (nSPS) is 15.2. The quantitative estimate of drug-likeness (QED) is 0.529. The Kier molecular flexibility index (Phi) is 2.32. The van der Waals surface area contributed by atoms with Gasteiger partial charge in [0.1, 0.15) is 5.82 Å². The van der Waals surface area contributed by atoms with Crippen LogP contribution in [0, 0.1) is 0 Å². The number of H-pyrrole nitrogens is 1. The maximum absolute atomic E-state index is 5.38. The third-order valence-corrected chi connectivity index (χ3v) is 3.02. The van der Waals surface area contributed by atoms with E-state index in [1.54, 1.807) is 6.20 Å². The number of hydrogen-bond acceptors (Lipinski definition) is 6. The third-order valence-electron chi connectivity index (χ3n) is 3.02. The lowest BCUT2D eigenvalue weighted by atomic mass is 10.3.